The zero-order valence-electron chi connectivity index (χ0n) is 35.2. The van der Waals surface area contributed by atoms with Gasteiger partial charge in [0, 0.05) is 0 Å². The smallest absolute Gasteiger partial charge is 0.462 e. The van der Waals surface area contributed by atoms with Gasteiger partial charge in [-0.3, -0.25) is 0 Å². The minimum Gasteiger partial charge on any atom is -0.462 e. The molecule has 0 aromatic rings. The minimum atomic E-state index is -1.09. The van der Waals surface area contributed by atoms with Crippen molar-refractivity contribution in [3.05, 3.63) is 12.5 Å². The number of cyclic esters (lactones) is 2. The zero-order valence-corrected chi connectivity index (χ0v) is 35.2. The summed E-state index contributed by atoms with van der Waals surface area (Å²) in [7, 11) is 0. The molecule has 2 aliphatic rings. The van der Waals surface area contributed by atoms with Gasteiger partial charge in [-0.15, -0.1) is 0 Å². The first-order chi connectivity index (χ1) is 24.5. The van der Waals surface area contributed by atoms with E-state index in [4.69, 9.17) is 28.4 Å². The molecule has 0 N–H and O–H groups in total. The van der Waals surface area contributed by atoms with Crippen LogP contribution in [0.1, 0.15) is 185 Å². The van der Waals surface area contributed by atoms with Gasteiger partial charge in [0.05, 0.1) is 0 Å². The van der Waals surface area contributed by atoms with Gasteiger partial charge in [-0.05, 0) is 81.6 Å². The van der Waals surface area contributed by atoms with E-state index in [0.717, 1.165) is 49.4 Å². The summed E-state index contributed by atoms with van der Waals surface area (Å²) in [6.07, 6.45) is 17.4. The second kappa shape index (κ2) is 23.6. The zero-order chi connectivity index (χ0) is 38.7. The lowest BCUT2D eigenvalue weighted by Crippen LogP contribution is -2.49. The van der Waals surface area contributed by atoms with E-state index in [1.807, 2.05) is 13.8 Å². The number of hydrogen-bond donors (Lipinski definition) is 0. The lowest BCUT2D eigenvalue weighted by atomic mass is 9.88. The second-order valence-corrected chi connectivity index (χ2v) is 18.3. The highest BCUT2D eigenvalue weighted by molar-refractivity contribution is 5.63. The molecule has 0 aromatic carbocycles. The molecule has 0 spiro atoms. The summed E-state index contributed by atoms with van der Waals surface area (Å²) in [5.74, 6) is 4.47. The van der Waals surface area contributed by atoms with E-state index in [-0.39, 0.29) is 19.2 Å². The molecule has 0 bridgehead atoms. The molecule has 0 amide bonds. The van der Waals surface area contributed by atoms with Crippen molar-refractivity contribution in [3.8, 4) is 0 Å². The molecule has 8 nitrogen and oxygen atoms in total. The molecule has 8 heteroatoms. The van der Waals surface area contributed by atoms with Gasteiger partial charge in [0.25, 0.3) is 5.95 Å². The number of ether oxygens (including phenoxy) is 6. The maximum Gasteiger partial charge on any atom is 0.509 e. The molecule has 2 rings (SSSR count). The molecule has 0 aromatic heterocycles. The molecular formula is C44H80O8. The Balaban J connectivity index is 1.91. The highest BCUT2D eigenvalue weighted by atomic mass is 16.8. The Morgan fingerprint density at radius 2 is 0.942 bits per heavy atom. The summed E-state index contributed by atoms with van der Waals surface area (Å²) >= 11 is 0. The Bertz CT molecular complexity index is 950. The van der Waals surface area contributed by atoms with Crippen LogP contribution in [0.2, 0.25) is 0 Å². The van der Waals surface area contributed by atoms with Crippen molar-refractivity contribution in [2.24, 2.45) is 35.5 Å². The van der Waals surface area contributed by atoms with Gasteiger partial charge >= 0.3 is 12.3 Å². The molecule has 8 unspecified atom stereocenters. The van der Waals surface area contributed by atoms with Crippen LogP contribution in [-0.4, -0.2) is 48.9 Å². The molecule has 2 saturated heterocycles. The number of carbonyl (C=O) groups is 2. The van der Waals surface area contributed by atoms with Crippen LogP contribution in [0.3, 0.4) is 0 Å². The first-order valence-corrected chi connectivity index (χ1v) is 21.2. The summed E-state index contributed by atoms with van der Waals surface area (Å²) in [4.78, 5) is 25.6. The number of rotatable bonds is 28. The van der Waals surface area contributed by atoms with Gasteiger partial charge in [-0.1, -0.05) is 145 Å². The van der Waals surface area contributed by atoms with Gasteiger partial charge in [0.15, 0.2) is 23.4 Å². The van der Waals surface area contributed by atoms with Crippen molar-refractivity contribution >= 4 is 12.3 Å². The largest absolute Gasteiger partial charge is 0.509 e. The summed E-state index contributed by atoms with van der Waals surface area (Å²) in [5, 5.41) is 0. The number of hydrogen-bond acceptors (Lipinski definition) is 8. The van der Waals surface area contributed by atoms with Gasteiger partial charge in [0.1, 0.15) is 13.2 Å². The van der Waals surface area contributed by atoms with Gasteiger partial charge in [0.2, 0.25) is 0 Å². The Labute approximate surface area is 319 Å². The molecule has 0 radical (unpaired) electrons. The topological polar surface area (TPSA) is 89.5 Å². The Hall–Kier alpha value is -2.12. The van der Waals surface area contributed by atoms with E-state index in [1.165, 1.54) is 77.0 Å². The van der Waals surface area contributed by atoms with E-state index in [0.29, 0.717) is 24.7 Å². The van der Waals surface area contributed by atoms with E-state index in [9.17, 15) is 9.59 Å². The predicted octanol–water partition coefficient (Wildman–Crippen LogP) is 13.0. The van der Waals surface area contributed by atoms with Gasteiger partial charge in [-0.25, -0.2) is 9.59 Å². The summed E-state index contributed by atoms with van der Waals surface area (Å²) in [5.41, 5.74) is -2.07. The molecule has 0 aliphatic carbocycles. The fraction of sp³-hybridized carbons (Fsp3) is 0.909. The summed E-state index contributed by atoms with van der Waals surface area (Å²) in [6, 6.07) is 0. The van der Waals surface area contributed by atoms with Crippen molar-refractivity contribution < 1.29 is 38.0 Å². The maximum absolute atomic E-state index is 13.6. The van der Waals surface area contributed by atoms with Gasteiger partial charge in [-0.2, -0.15) is 0 Å². The first-order valence-electron chi connectivity index (χ1n) is 21.2. The third kappa shape index (κ3) is 18.3. The molecule has 2 fully saturated rings. The second-order valence-electron chi connectivity index (χ2n) is 18.3. The molecule has 0 saturated carbocycles. The van der Waals surface area contributed by atoms with Crippen molar-refractivity contribution in [1.29, 1.82) is 0 Å². The van der Waals surface area contributed by atoms with Crippen LogP contribution < -0.4 is 0 Å². The first kappa shape index (κ1) is 46.0. The average molecular weight is 737 g/mol. The highest BCUT2D eigenvalue weighted by Crippen LogP contribution is 2.36. The van der Waals surface area contributed by atoms with Crippen molar-refractivity contribution in [2.45, 2.75) is 208 Å². The highest BCUT2D eigenvalue weighted by Gasteiger charge is 2.48. The third-order valence-electron chi connectivity index (χ3n) is 11.7. The van der Waals surface area contributed by atoms with E-state index in [2.05, 4.69) is 62.0 Å². The summed E-state index contributed by atoms with van der Waals surface area (Å²) < 4.78 is 34.3. The van der Waals surface area contributed by atoms with Crippen LogP contribution in [0.25, 0.3) is 0 Å². The SMILES string of the molecule is C=C1OCC(C(C)(CCCC(C)CCCC(C)CCCC(C)C)OC(=O)OC(C)(CCCC(C)CCCC(C)CCCC(C)C)C2COC(=O)O2)O1. The normalized spacial score (nSPS) is 22.1. The molecule has 2 heterocycles. The van der Waals surface area contributed by atoms with E-state index in [1.54, 1.807) is 0 Å². The van der Waals surface area contributed by atoms with E-state index >= 15 is 0 Å². The minimum absolute atomic E-state index is 0.0398. The Morgan fingerprint density at radius 3 is 1.27 bits per heavy atom. The fourth-order valence-electron chi connectivity index (χ4n) is 7.84. The quantitative estimate of drug-likeness (QED) is 0.0733. The van der Waals surface area contributed by atoms with Gasteiger partial charge < -0.3 is 28.4 Å². The molecule has 8 atom stereocenters. The monoisotopic (exact) mass is 737 g/mol. The lowest BCUT2D eigenvalue weighted by Gasteiger charge is -2.36. The van der Waals surface area contributed by atoms with Crippen LogP contribution in [0, 0.1) is 35.5 Å². The average Bonchev–Trinajstić information content (AvgIpc) is 3.69. The predicted molar refractivity (Wildman–Crippen MR) is 210 cm³/mol. The summed E-state index contributed by atoms with van der Waals surface area (Å²) in [6.45, 7) is 26.4. The Kier molecular flexibility index (Phi) is 20.9. The Morgan fingerprint density at radius 1 is 0.596 bits per heavy atom. The van der Waals surface area contributed by atoms with Crippen molar-refractivity contribution in [2.75, 3.05) is 13.2 Å². The van der Waals surface area contributed by atoms with Crippen LogP contribution in [0.15, 0.2) is 12.5 Å². The van der Waals surface area contributed by atoms with E-state index < -0.39 is 35.7 Å². The van der Waals surface area contributed by atoms with Crippen molar-refractivity contribution in [3.63, 3.8) is 0 Å². The maximum atomic E-state index is 13.6. The number of carbonyl (C=O) groups excluding carboxylic acids is 2. The molecule has 304 valence electrons. The van der Waals surface area contributed by atoms with Crippen LogP contribution >= 0.6 is 0 Å². The molecule has 2 aliphatic heterocycles. The third-order valence-corrected chi connectivity index (χ3v) is 11.7. The van der Waals surface area contributed by atoms with Crippen LogP contribution in [-0.2, 0) is 28.4 Å². The molecular weight excluding hydrogens is 656 g/mol. The van der Waals surface area contributed by atoms with Crippen molar-refractivity contribution in [1.82, 2.24) is 0 Å². The fourth-order valence-corrected chi connectivity index (χ4v) is 7.84. The lowest BCUT2D eigenvalue weighted by molar-refractivity contribution is -0.134. The molecule has 52 heavy (non-hydrogen) atoms. The van der Waals surface area contributed by atoms with Crippen LogP contribution in [0.4, 0.5) is 9.59 Å². The van der Waals surface area contributed by atoms with Crippen LogP contribution in [0.5, 0.6) is 0 Å². The standard InChI is InChI=1S/C44H80O8/c1-32(2)18-12-20-34(5)22-14-24-36(7)26-16-28-43(10,39-30-47-38(9)49-39)51-42(46)52-44(11,40-31-48-41(45)50-40)29-17-27-37(8)25-15-23-35(6)21-13-19-33(3)4/h32-37,39-40H,9,12-31H2,1-8,10-11H3.